The molecule has 2 rings (SSSR count). The Balaban J connectivity index is 2.92. The number of nitrogen functional groups attached to an aromatic ring is 1. The van der Waals surface area contributed by atoms with E-state index in [9.17, 15) is 18.0 Å². The zero-order chi connectivity index (χ0) is 11.9. The molecular weight excluding hydrogens is 221 g/mol. The monoisotopic (exact) mass is 228 g/mol. The number of alkyl halides is 3. The molecule has 16 heavy (non-hydrogen) atoms. The summed E-state index contributed by atoms with van der Waals surface area (Å²) in [6, 6.07) is 6.07. The third-order valence-electron chi connectivity index (χ3n) is 2.25. The van der Waals surface area contributed by atoms with Crippen molar-refractivity contribution in [1.29, 1.82) is 0 Å². The lowest BCUT2D eigenvalue weighted by atomic mass is 10.1. The van der Waals surface area contributed by atoms with Gasteiger partial charge in [-0.15, -0.1) is 0 Å². The van der Waals surface area contributed by atoms with E-state index in [4.69, 9.17) is 5.73 Å². The first kappa shape index (κ1) is 10.5. The van der Waals surface area contributed by atoms with Crippen molar-refractivity contribution in [3.05, 3.63) is 40.2 Å². The number of nitrogens with two attached hydrogens (primary N) is 1. The third-order valence-corrected chi connectivity index (χ3v) is 2.25. The third kappa shape index (κ3) is 1.52. The minimum absolute atomic E-state index is 0.189. The summed E-state index contributed by atoms with van der Waals surface area (Å²) in [4.78, 5) is 13.4. The number of fused-ring (bicyclic) bond motifs is 1. The molecule has 2 aromatic rings. The highest BCUT2D eigenvalue weighted by atomic mass is 19.4. The molecule has 0 saturated carbocycles. The second-order valence-electron chi connectivity index (χ2n) is 3.29. The first-order chi connectivity index (χ1) is 7.41. The lowest BCUT2D eigenvalue weighted by Crippen LogP contribution is -2.23. The van der Waals surface area contributed by atoms with Gasteiger partial charge in [0.25, 0.3) is 5.56 Å². The average Bonchev–Trinajstić information content (AvgIpc) is 2.15. The lowest BCUT2D eigenvalue weighted by molar-refractivity contribution is -0.137. The predicted octanol–water partition coefficient (Wildman–Crippen LogP) is 2.13. The van der Waals surface area contributed by atoms with Gasteiger partial charge in [-0.05, 0) is 6.07 Å². The minimum atomic E-state index is -4.75. The SMILES string of the molecule is Nc1c(C(F)(F)F)c(=O)[nH]c2ccccc12. The molecule has 0 atom stereocenters. The number of pyridine rings is 1. The Kier molecular flexibility index (Phi) is 2.15. The van der Waals surface area contributed by atoms with Gasteiger partial charge in [0, 0.05) is 5.39 Å². The van der Waals surface area contributed by atoms with Crippen LogP contribution in [0.3, 0.4) is 0 Å². The Hall–Kier alpha value is -1.98. The molecule has 0 amide bonds. The van der Waals surface area contributed by atoms with E-state index in [1.165, 1.54) is 12.1 Å². The van der Waals surface area contributed by atoms with Gasteiger partial charge in [0.2, 0.25) is 0 Å². The van der Waals surface area contributed by atoms with E-state index in [-0.39, 0.29) is 10.9 Å². The van der Waals surface area contributed by atoms with Gasteiger partial charge in [0.15, 0.2) is 0 Å². The van der Waals surface area contributed by atoms with Crippen molar-refractivity contribution in [3.8, 4) is 0 Å². The number of para-hydroxylation sites is 1. The molecule has 1 heterocycles. The van der Waals surface area contributed by atoms with Gasteiger partial charge in [0.05, 0.1) is 11.2 Å². The molecule has 0 radical (unpaired) electrons. The van der Waals surface area contributed by atoms with E-state index in [0.29, 0.717) is 0 Å². The van der Waals surface area contributed by atoms with Crippen LogP contribution in [0.15, 0.2) is 29.1 Å². The molecule has 1 aromatic carbocycles. The number of hydrogen-bond donors (Lipinski definition) is 2. The number of aromatic nitrogens is 1. The highest BCUT2D eigenvalue weighted by Crippen LogP contribution is 2.33. The van der Waals surface area contributed by atoms with E-state index in [0.717, 1.165) is 0 Å². The van der Waals surface area contributed by atoms with Crippen LogP contribution in [0.1, 0.15) is 5.56 Å². The van der Waals surface area contributed by atoms with Crippen molar-refractivity contribution in [2.75, 3.05) is 5.73 Å². The first-order valence-corrected chi connectivity index (χ1v) is 4.39. The number of benzene rings is 1. The summed E-state index contributed by atoms with van der Waals surface area (Å²) in [7, 11) is 0. The molecule has 0 fully saturated rings. The Morgan fingerprint density at radius 1 is 1.19 bits per heavy atom. The van der Waals surface area contributed by atoms with Crippen LogP contribution < -0.4 is 11.3 Å². The molecule has 0 spiro atoms. The Morgan fingerprint density at radius 3 is 2.44 bits per heavy atom. The molecule has 0 aliphatic heterocycles. The van der Waals surface area contributed by atoms with Crippen LogP contribution in [0.25, 0.3) is 10.9 Å². The molecule has 3 nitrogen and oxygen atoms in total. The maximum Gasteiger partial charge on any atom is 0.423 e. The molecule has 84 valence electrons. The molecule has 0 aliphatic rings. The molecule has 0 saturated heterocycles. The van der Waals surface area contributed by atoms with Gasteiger partial charge < -0.3 is 10.7 Å². The van der Waals surface area contributed by atoms with Crippen molar-refractivity contribution >= 4 is 16.6 Å². The van der Waals surface area contributed by atoms with E-state index in [2.05, 4.69) is 4.98 Å². The van der Waals surface area contributed by atoms with Crippen LogP contribution in [0.2, 0.25) is 0 Å². The van der Waals surface area contributed by atoms with Crippen LogP contribution in [0.5, 0.6) is 0 Å². The van der Waals surface area contributed by atoms with Gasteiger partial charge in [-0.1, -0.05) is 18.2 Å². The Bertz CT molecular complexity index is 601. The van der Waals surface area contributed by atoms with Crippen LogP contribution in [0.4, 0.5) is 18.9 Å². The number of aromatic amines is 1. The summed E-state index contributed by atoms with van der Waals surface area (Å²) in [5.74, 6) is 0. The molecule has 1 aromatic heterocycles. The topological polar surface area (TPSA) is 58.9 Å². The molecule has 0 aliphatic carbocycles. The zero-order valence-corrected chi connectivity index (χ0v) is 7.93. The number of nitrogens with one attached hydrogen (secondary N) is 1. The summed E-state index contributed by atoms with van der Waals surface area (Å²) >= 11 is 0. The molecule has 0 unspecified atom stereocenters. The fourth-order valence-electron chi connectivity index (χ4n) is 1.55. The van der Waals surface area contributed by atoms with Gasteiger partial charge in [0.1, 0.15) is 5.56 Å². The summed E-state index contributed by atoms with van der Waals surface area (Å²) in [6.45, 7) is 0. The average molecular weight is 228 g/mol. The maximum atomic E-state index is 12.5. The van der Waals surface area contributed by atoms with Crippen LogP contribution >= 0.6 is 0 Å². The highest BCUT2D eigenvalue weighted by molar-refractivity contribution is 5.91. The summed E-state index contributed by atoms with van der Waals surface area (Å²) in [5, 5.41) is 0.189. The Labute approximate surface area is 87.7 Å². The molecular formula is C10H7F3N2O. The molecule has 3 N–H and O–H groups in total. The normalized spacial score (nSPS) is 11.9. The maximum absolute atomic E-state index is 12.5. The smallest absolute Gasteiger partial charge is 0.398 e. The van der Waals surface area contributed by atoms with Crippen molar-refractivity contribution in [1.82, 2.24) is 4.98 Å². The minimum Gasteiger partial charge on any atom is -0.398 e. The van der Waals surface area contributed by atoms with E-state index >= 15 is 0 Å². The summed E-state index contributed by atoms with van der Waals surface area (Å²) < 4.78 is 37.6. The lowest BCUT2D eigenvalue weighted by Gasteiger charge is -2.10. The quantitative estimate of drug-likeness (QED) is 0.725. The van der Waals surface area contributed by atoms with Crippen molar-refractivity contribution in [2.45, 2.75) is 6.18 Å². The van der Waals surface area contributed by atoms with Crippen molar-refractivity contribution in [2.24, 2.45) is 0 Å². The van der Waals surface area contributed by atoms with Crippen molar-refractivity contribution in [3.63, 3.8) is 0 Å². The molecule has 0 bridgehead atoms. The zero-order valence-electron chi connectivity index (χ0n) is 7.93. The largest absolute Gasteiger partial charge is 0.423 e. The number of halogens is 3. The number of anilines is 1. The highest BCUT2D eigenvalue weighted by Gasteiger charge is 2.37. The van der Waals surface area contributed by atoms with Crippen LogP contribution in [0, 0.1) is 0 Å². The summed E-state index contributed by atoms with van der Waals surface area (Å²) in [6.07, 6.45) is -4.75. The second kappa shape index (κ2) is 3.26. The predicted molar refractivity (Wildman–Crippen MR) is 54.0 cm³/mol. The van der Waals surface area contributed by atoms with Gasteiger partial charge >= 0.3 is 6.18 Å². The van der Waals surface area contributed by atoms with Crippen LogP contribution in [-0.4, -0.2) is 4.98 Å². The standard InChI is InChI=1S/C10H7F3N2O/c11-10(12,13)7-8(14)5-3-1-2-4-6(5)15-9(7)16/h1-4H,(H3,14,15,16). The number of hydrogen-bond acceptors (Lipinski definition) is 2. The number of rotatable bonds is 0. The van der Waals surface area contributed by atoms with Crippen molar-refractivity contribution < 1.29 is 13.2 Å². The van der Waals surface area contributed by atoms with Gasteiger partial charge in [-0.3, -0.25) is 4.79 Å². The van der Waals surface area contributed by atoms with Gasteiger partial charge in [-0.25, -0.2) is 0 Å². The second-order valence-corrected chi connectivity index (χ2v) is 3.29. The van der Waals surface area contributed by atoms with Crippen LogP contribution in [-0.2, 0) is 6.18 Å². The molecule has 6 heteroatoms. The Morgan fingerprint density at radius 2 is 1.81 bits per heavy atom. The van der Waals surface area contributed by atoms with E-state index < -0.39 is 23.0 Å². The summed E-state index contributed by atoms with van der Waals surface area (Å²) in [5.41, 5.74) is 2.56. The van der Waals surface area contributed by atoms with E-state index in [1.54, 1.807) is 12.1 Å². The van der Waals surface area contributed by atoms with E-state index in [1.807, 2.05) is 0 Å². The first-order valence-electron chi connectivity index (χ1n) is 4.39. The fraction of sp³-hybridized carbons (Fsp3) is 0.100. The number of H-pyrrole nitrogens is 1. The fourth-order valence-corrected chi connectivity index (χ4v) is 1.55. The van der Waals surface area contributed by atoms with Gasteiger partial charge in [-0.2, -0.15) is 13.2 Å².